The molecule has 0 radical (unpaired) electrons. The van der Waals surface area contributed by atoms with Gasteiger partial charge in [0.15, 0.2) is 0 Å². The van der Waals surface area contributed by atoms with E-state index in [1.165, 1.54) is 45.3 Å². The molecular weight excluding hydrogens is 338 g/mol. The molecule has 4 nitrogen and oxygen atoms in total. The fourth-order valence-corrected chi connectivity index (χ4v) is 4.04. The van der Waals surface area contributed by atoms with Crippen molar-refractivity contribution in [3.8, 4) is 0 Å². The lowest BCUT2D eigenvalue weighted by molar-refractivity contribution is -0.159. The van der Waals surface area contributed by atoms with E-state index in [-0.39, 0.29) is 11.0 Å². The molecule has 2 fully saturated rings. The van der Waals surface area contributed by atoms with Gasteiger partial charge in [-0.2, -0.15) is 0 Å². The smallest absolute Gasteiger partial charge is 0.0598 e. The Morgan fingerprint density at radius 3 is 2.04 bits per heavy atom. The number of ether oxygens (including phenoxy) is 3. The Morgan fingerprint density at radius 2 is 1.44 bits per heavy atom. The van der Waals surface area contributed by atoms with Crippen molar-refractivity contribution in [2.24, 2.45) is 10.8 Å². The average molecular weight is 384 g/mol. The zero-order valence-corrected chi connectivity index (χ0v) is 18.9. The van der Waals surface area contributed by atoms with Crippen molar-refractivity contribution in [1.29, 1.82) is 0 Å². The molecule has 1 heterocycles. The van der Waals surface area contributed by atoms with E-state index in [2.05, 4.69) is 46.4 Å². The summed E-state index contributed by atoms with van der Waals surface area (Å²) in [5.74, 6) is 0. The van der Waals surface area contributed by atoms with Crippen molar-refractivity contribution in [1.82, 2.24) is 4.90 Å². The maximum atomic E-state index is 6.04. The summed E-state index contributed by atoms with van der Waals surface area (Å²) in [5.41, 5.74) is 0.876. The number of hydrogen-bond donors (Lipinski definition) is 0. The zero-order valence-electron chi connectivity index (χ0n) is 18.9. The second-order valence-corrected chi connectivity index (χ2v) is 11.1. The van der Waals surface area contributed by atoms with Crippen LogP contribution in [0.2, 0.25) is 0 Å². The van der Waals surface area contributed by atoms with Crippen LogP contribution in [0.1, 0.15) is 80.1 Å². The third-order valence-corrected chi connectivity index (χ3v) is 5.42. The van der Waals surface area contributed by atoms with E-state index in [1.807, 2.05) is 0 Å². The van der Waals surface area contributed by atoms with Crippen molar-refractivity contribution >= 4 is 0 Å². The Morgan fingerprint density at radius 1 is 0.852 bits per heavy atom. The van der Waals surface area contributed by atoms with E-state index in [1.54, 1.807) is 0 Å². The average Bonchev–Trinajstić information content (AvgIpc) is 2.45. The summed E-state index contributed by atoms with van der Waals surface area (Å²) in [5, 5.41) is 0. The van der Waals surface area contributed by atoms with Gasteiger partial charge in [-0.1, -0.05) is 20.8 Å². The standard InChI is InChI=1S/C23H45NO3/c1-21(2,3)19-26-20-15-23(16-20)17-24(18-23)11-7-8-12-25-13-9-10-14-27-22(4,5)6/h20H,7-19H2,1-6H3. The van der Waals surface area contributed by atoms with Crippen LogP contribution < -0.4 is 0 Å². The van der Waals surface area contributed by atoms with Crippen LogP contribution in [0.25, 0.3) is 0 Å². The van der Waals surface area contributed by atoms with Crippen molar-refractivity contribution in [2.45, 2.75) is 91.8 Å². The van der Waals surface area contributed by atoms with Gasteiger partial charge < -0.3 is 19.1 Å². The zero-order chi connectivity index (χ0) is 20.0. The third-order valence-electron chi connectivity index (χ3n) is 5.42. The molecule has 1 saturated heterocycles. The highest BCUT2D eigenvalue weighted by Crippen LogP contribution is 2.49. The van der Waals surface area contributed by atoms with E-state index in [9.17, 15) is 0 Å². The number of likely N-dealkylation sites (tertiary alicyclic amines) is 1. The van der Waals surface area contributed by atoms with Crippen molar-refractivity contribution in [2.75, 3.05) is 46.1 Å². The number of hydrogen-bond acceptors (Lipinski definition) is 4. The number of unbranched alkanes of at least 4 members (excludes halogenated alkanes) is 2. The molecule has 0 N–H and O–H groups in total. The second-order valence-electron chi connectivity index (χ2n) is 11.1. The molecule has 0 amide bonds. The normalized spacial score (nSPS) is 20.7. The van der Waals surface area contributed by atoms with Gasteiger partial charge in [-0.15, -0.1) is 0 Å². The van der Waals surface area contributed by atoms with Crippen LogP contribution in [-0.2, 0) is 14.2 Å². The highest BCUT2D eigenvalue weighted by atomic mass is 16.5. The fourth-order valence-electron chi connectivity index (χ4n) is 4.04. The highest BCUT2D eigenvalue weighted by Gasteiger charge is 2.52. The molecule has 0 aromatic carbocycles. The first kappa shape index (κ1) is 23.1. The summed E-state index contributed by atoms with van der Waals surface area (Å²) in [6.07, 6.45) is 7.71. The lowest BCUT2D eigenvalue weighted by Crippen LogP contribution is -2.64. The van der Waals surface area contributed by atoms with E-state index in [0.29, 0.717) is 11.5 Å². The van der Waals surface area contributed by atoms with Gasteiger partial charge in [0.25, 0.3) is 0 Å². The highest BCUT2D eigenvalue weighted by molar-refractivity contribution is 5.05. The summed E-state index contributed by atoms with van der Waals surface area (Å²) < 4.78 is 17.5. The van der Waals surface area contributed by atoms with Gasteiger partial charge in [0.05, 0.1) is 18.3 Å². The first-order valence-electron chi connectivity index (χ1n) is 11.1. The Bertz CT molecular complexity index is 410. The van der Waals surface area contributed by atoms with Crippen molar-refractivity contribution in [3.63, 3.8) is 0 Å². The molecule has 1 spiro atoms. The molecule has 1 saturated carbocycles. The molecule has 0 unspecified atom stereocenters. The molecule has 1 aliphatic heterocycles. The minimum Gasteiger partial charge on any atom is -0.381 e. The predicted molar refractivity (Wildman–Crippen MR) is 112 cm³/mol. The van der Waals surface area contributed by atoms with Crippen LogP contribution >= 0.6 is 0 Å². The van der Waals surface area contributed by atoms with Crippen LogP contribution in [-0.4, -0.2) is 62.7 Å². The molecule has 2 rings (SSSR count). The van der Waals surface area contributed by atoms with Crippen LogP contribution in [0.5, 0.6) is 0 Å². The fraction of sp³-hybridized carbons (Fsp3) is 1.00. The van der Waals surface area contributed by atoms with Gasteiger partial charge in [-0.25, -0.2) is 0 Å². The first-order chi connectivity index (χ1) is 12.6. The molecule has 160 valence electrons. The summed E-state index contributed by atoms with van der Waals surface area (Å²) in [4.78, 5) is 2.61. The van der Waals surface area contributed by atoms with Crippen molar-refractivity contribution < 1.29 is 14.2 Å². The van der Waals surface area contributed by atoms with E-state index in [0.717, 1.165) is 39.3 Å². The van der Waals surface area contributed by atoms with Gasteiger partial charge in [0, 0.05) is 38.3 Å². The second kappa shape index (κ2) is 10.0. The van der Waals surface area contributed by atoms with E-state index < -0.39 is 0 Å². The predicted octanol–water partition coefficient (Wildman–Crippen LogP) is 4.91. The SMILES string of the molecule is CC(C)(C)COC1CC2(C1)CN(CCCCOCCCCOC(C)(C)C)C2. The molecule has 0 aromatic heterocycles. The Hall–Kier alpha value is -0.160. The van der Waals surface area contributed by atoms with Gasteiger partial charge >= 0.3 is 0 Å². The largest absolute Gasteiger partial charge is 0.381 e. The Kier molecular flexibility index (Phi) is 8.60. The number of rotatable bonds is 12. The van der Waals surface area contributed by atoms with Gasteiger partial charge in [0.2, 0.25) is 0 Å². The van der Waals surface area contributed by atoms with Gasteiger partial charge in [-0.05, 0) is 71.3 Å². The topological polar surface area (TPSA) is 30.9 Å². The summed E-state index contributed by atoms with van der Waals surface area (Å²) >= 11 is 0. The maximum absolute atomic E-state index is 6.04. The van der Waals surface area contributed by atoms with Gasteiger partial charge in [-0.3, -0.25) is 0 Å². The molecule has 2 aliphatic rings. The lowest BCUT2D eigenvalue weighted by atomic mass is 9.61. The Balaban J connectivity index is 1.34. The quantitative estimate of drug-likeness (QED) is 0.448. The van der Waals surface area contributed by atoms with Crippen LogP contribution in [0.4, 0.5) is 0 Å². The van der Waals surface area contributed by atoms with Gasteiger partial charge in [0.1, 0.15) is 0 Å². The summed E-state index contributed by atoms with van der Waals surface area (Å²) in [6.45, 7) is 20.4. The Labute approximate surface area is 168 Å². The molecule has 0 bridgehead atoms. The molecular formula is C23H45NO3. The molecule has 1 aliphatic carbocycles. The van der Waals surface area contributed by atoms with Crippen LogP contribution in [0, 0.1) is 10.8 Å². The van der Waals surface area contributed by atoms with E-state index >= 15 is 0 Å². The molecule has 0 aromatic rings. The first-order valence-corrected chi connectivity index (χ1v) is 11.1. The van der Waals surface area contributed by atoms with Crippen LogP contribution in [0.3, 0.4) is 0 Å². The molecule has 27 heavy (non-hydrogen) atoms. The third kappa shape index (κ3) is 9.25. The lowest BCUT2D eigenvalue weighted by Gasteiger charge is -2.59. The van der Waals surface area contributed by atoms with Crippen molar-refractivity contribution in [3.05, 3.63) is 0 Å². The minimum atomic E-state index is -0.0177. The minimum absolute atomic E-state index is 0.0177. The van der Waals surface area contributed by atoms with Crippen LogP contribution in [0.15, 0.2) is 0 Å². The summed E-state index contributed by atoms with van der Waals surface area (Å²) in [6, 6.07) is 0. The van der Waals surface area contributed by atoms with E-state index in [4.69, 9.17) is 14.2 Å². The maximum Gasteiger partial charge on any atom is 0.0598 e. The molecule has 4 heteroatoms. The monoisotopic (exact) mass is 383 g/mol. The summed E-state index contributed by atoms with van der Waals surface area (Å²) in [7, 11) is 0. The number of nitrogens with zero attached hydrogens (tertiary/aromatic N) is 1. The molecule has 0 atom stereocenters.